The lowest BCUT2D eigenvalue weighted by molar-refractivity contribution is 0.817. The van der Waals surface area contributed by atoms with Gasteiger partial charge in [0.1, 0.15) is 17.6 Å². The number of aromatic nitrogens is 3. The van der Waals surface area contributed by atoms with E-state index in [1.807, 2.05) is 30.5 Å². The lowest BCUT2D eigenvalue weighted by Crippen LogP contribution is -2.02. The van der Waals surface area contributed by atoms with Crippen LogP contribution in [0, 0.1) is 25.2 Å². The van der Waals surface area contributed by atoms with E-state index in [0.29, 0.717) is 11.6 Å². The molecule has 4 nitrogen and oxygen atoms in total. The van der Waals surface area contributed by atoms with E-state index in [2.05, 4.69) is 29.9 Å². The number of pyridine rings is 1. The Kier molecular flexibility index (Phi) is 3.15. The van der Waals surface area contributed by atoms with Gasteiger partial charge in [0, 0.05) is 5.69 Å². The summed E-state index contributed by atoms with van der Waals surface area (Å²) < 4.78 is 1.84. The van der Waals surface area contributed by atoms with Gasteiger partial charge in [-0.25, -0.2) is 4.98 Å². The van der Waals surface area contributed by atoms with Crippen LogP contribution in [0.5, 0.6) is 0 Å². The summed E-state index contributed by atoms with van der Waals surface area (Å²) in [5, 5.41) is 9.19. The molecule has 0 bridgehead atoms. The van der Waals surface area contributed by atoms with Gasteiger partial charge in [0.05, 0.1) is 17.6 Å². The summed E-state index contributed by atoms with van der Waals surface area (Å²) in [5.41, 5.74) is 3.26. The number of rotatable bonds is 2. The number of nitrogens with zero attached hydrogens (tertiary/aromatic N) is 4. The molecule has 0 saturated carbocycles. The monoisotopic (exact) mass is 240 g/mol. The fraction of sp³-hybridized carbons (Fsp3) is 0.357. The highest BCUT2D eigenvalue weighted by Gasteiger charge is 2.13. The van der Waals surface area contributed by atoms with Crippen LogP contribution in [-0.4, -0.2) is 14.5 Å². The first-order valence-corrected chi connectivity index (χ1v) is 5.97. The quantitative estimate of drug-likeness (QED) is 0.811. The number of imidazole rings is 1. The van der Waals surface area contributed by atoms with E-state index in [9.17, 15) is 5.26 Å². The summed E-state index contributed by atoms with van der Waals surface area (Å²) in [6, 6.07) is 6.17. The van der Waals surface area contributed by atoms with Gasteiger partial charge in [-0.05, 0) is 31.9 Å². The first-order valence-electron chi connectivity index (χ1n) is 5.97. The van der Waals surface area contributed by atoms with Crippen molar-refractivity contribution in [1.29, 1.82) is 5.26 Å². The molecule has 2 heterocycles. The molecule has 18 heavy (non-hydrogen) atoms. The first kappa shape index (κ1) is 12.3. The Bertz CT molecular complexity index is 600. The van der Waals surface area contributed by atoms with Gasteiger partial charge >= 0.3 is 0 Å². The van der Waals surface area contributed by atoms with E-state index in [4.69, 9.17) is 0 Å². The molecule has 0 aliphatic heterocycles. The zero-order chi connectivity index (χ0) is 13.3. The van der Waals surface area contributed by atoms with E-state index in [1.165, 1.54) is 0 Å². The molecular weight excluding hydrogens is 224 g/mol. The van der Waals surface area contributed by atoms with Crippen LogP contribution in [0.4, 0.5) is 0 Å². The molecule has 0 saturated heterocycles. The summed E-state index contributed by atoms with van der Waals surface area (Å²) >= 11 is 0. The third kappa shape index (κ3) is 2.00. The Labute approximate surface area is 107 Å². The minimum atomic E-state index is 0.403. The van der Waals surface area contributed by atoms with Crippen molar-refractivity contribution in [2.24, 2.45) is 0 Å². The highest BCUT2D eigenvalue weighted by Crippen LogP contribution is 2.18. The predicted octanol–water partition coefficient (Wildman–Crippen LogP) is 2.88. The topological polar surface area (TPSA) is 54.5 Å². The molecule has 0 fully saturated rings. The molecule has 4 heteroatoms. The summed E-state index contributed by atoms with van der Waals surface area (Å²) in [6.07, 6.45) is 1.80. The fourth-order valence-corrected chi connectivity index (χ4v) is 1.99. The van der Waals surface area contributed by atoms with Crippen LogP contribution in [-0.2, 0) is 0 Å². The highest BCUT2D eigenvalue weighted by molar-refractivity contribution is 5.41. The van der Waals surface area contributed by atoms with Crippen molar-refractivity contribution in [2.75, 3.05) is 0 Å². The third-order valence-corrected chi connectivity index (χ3v) is 2.95. The van der Waals surface area contributed by atoms with E-state index in [0.717, 1.165) is 22.9 Å². The molecule has 2 rings (SSSR count). The van der Waals surface area contributed by atoms with E-state index < -0.39 is 0 Å². The molecule has 2 aromatic heterocycles. The minimum Gasteiger partial charge on any atom is -0.286 e. The Hall–Kier alpha value is -2.15. The molecule has 0 aromatic carbocycles. The lowest BCUT2D eigenvalue weighted by Gasteiger charge is -2.08. The van der Waals surface area contributed by atoms with Crippen molar-refractivity contribution in [3.8, 4) is 11.8 Å². The normalized spacial score (nSPS) is 10.7. The standard InChI is InChI=1S/C14H16N4/c1-9(2)13-6-5-12(8-16-13)18-11(4)17-10(3)14(18)7-15/h5-6,8-9H,1-4H3. The highest BCUT2D eigenvalue weighted by atomic mass is 15.1. The van der Waals surface area contributed by atoms with Crippen LogP contribution in [0.15, 0.2) is 18.3 Å². The number of hydrogen-bond donors (Lipinski definition) is 0. The average molecular weight is 240 g/mol. The van der Waals surface area contributed by atoms with Crippen molar-refractivity contribution >= 4 is 0 Å². The van der Waals surface area contributed by atoms with Crippen molar-refractivity contribution in [3.05, 3.63) is 41.2 Å². The molecule has 0 amide bonds. The smallest absolute Gasteiger partial charge is 0.147 e. The maximum absolute atomic E-state index is 9.19. The Morgan fingerprint density at radius 3 is 2.50 bits per heavy atom. The molecule has 2 aromatic rings. The molecule has 0 aliphatic carbocycles. The summed E-state index contributed by atoms with van der Waals surface area (Å²) in [7, 11) is 0. The zero-order valence-corrected chi connectivity index (χ0v) is 11.1. The van der Waals surface area contributed by atoms with E-state index in [1.54, 1.807) is 6.20 Å². The van der Waals surface area contributed by atoms with Gasteiger partial charge in [-0.15, -0.1) is 0 Å². The summed E-state index contributed by atoms with van der Waals surface area (Å²) in [5.74, 6) is 1.21. The second-order valence-corrected chi connectivity index (χ2v) is 4.64. The van der Waals surface area contributed by atoms with Gasteiger partial charge in [-0.1, -0.05) is 13.8 Å². The fourth-order valence-electron chi connectivity index (χ4n) is 1.99. The molecule has 0 radical (unpaired) electrons. The van der Waals surface area contributed by atoms with E-state index >= 15 is 0 Å². The minimum absolute atomic E-state index is 0.403. The SMILES string of the molecule is Cc1nc(C)n(-c2ccc(C(C)C)nc2)c1C#N. The number of nitriles is 1. The van der Waals surface area contributed by atoms with Gasteiger partial charge < -0.3 is 0 Å². The van der Waals surface area contributed by atoms with Gasteiger partial charge in [0.2, 0.25) is 0 Å². The summed E-state index contributed by atoms with van der Waals surface area (Å²) in [4.78, 5) is 8.75. The molecule has 92 valence electrons. The Morgan fingerprint density at radius 1 is 1.28 bits per heavy atom. The van der Waals surface area contributed by atoms with Crippen LogP contribution in [0.1, 0.15) is 42.7 Å². The molecule has 0 spiro atoms. The molecular formula is C14H16N4. The van der Waals surface area contributed by atoms with Crippen molar-refractivity contribution in [3.63, 3.8) is 0 Å². The first-order chi connectivity index (χ1) is 8.54. The lowest BCUT2D eigenvalue weighted by atomic mass is 10.1. The van der Waals surface area contributed by atoms with Crippen LogP contribution in [0.25, 0.3) is 5.69 Å². The molecule has 0 unspecified atom stereocenters. The molecule has 0 N–H and O–H groups in total. The van der Waals surface area contributed by atoms with Crippen LogP contribution in [0.2, 0.25) is 0 Å². The van der Waals surface area contributed by atoms with Crippen molar-refractivity contribution in [1.82, 2.24) is 14.5 Å². The number of aryl methyl sites for hydroxylation is 2. The van der Waals surface area contributed by atoms with Crippen LogP contribution in [0.3, 0.4) is 0 Å². The second kappa shape index (κ2) is 4.61. The molecule has 0 atom stereocenters. The Balaban J connectivity index is 2.53. The van der Waals surface area contributed by atoms with Gasteiger partial charge in [-0.2, -0.15) is 5.26 Å². The Morgan fingerprint density at radius 2 is 2.00 bits per heavy atom. The van der Waals surface area contributed by atoms with E-state index in [-0.39, 0.29) is 0 Å². The largest absolute Gasteiger partial charge is 0.286 e. The van der Waals surface area contributed by atoms with Crippen LogP contribution < -0.4 is 0 Å². The predicted molar refractivity (Wildman–Crippen MR) is 69.6 cm³/mol. The van der Waals surface area contributed by atoms with Gasteiger partial charge in [0.15, 0.2) is 0 Å². The van der Waals surface area contributed by atoms with Crippen LogP contribution >= 0.6 is 0 Å². The van der Waals surface area contributed by atoms with Gasteiger partial charge in [0.25, 0.3) is 0 Å². The average Bonchev–Trinajstić information content (AvgIpc) is 2.63. The maximum atomic E-state index is 9.19. The van der Waals surface area contributed by atoms with Gasteiger partial charge in [-0.3, -0.25) is 9.55 Å². The zero-order valence-electron chi connectivity index (χ0n) is 11.1. The summed E-state index contributed by atoms with van der Waals surface area (Å²) in [6.45, 7) is 7.95. The second-order valence-electron chi connectivity index (χ2n) is 4.64. The van der Waals surface area contributed by atoms with Crippen molar-refractivity contribution < 1.29 is 0 Å². The van der Waals surface area contributed by atoms with Crippen molar-refractivity contribution in [2.45, 2.75) is 33.6 Å². The third-order valence-electron chi connectivity index (χ3n) is 2.95. The number of hydrogen-bond acceptors (Lipinski definition) is 3. The molecule has 0 aliphatic rings. The maximum Gasteiger partial charge on any atom is 0.147 e.